The second-order valence-electron chi connectivity index (χ2n) is 6.39. The van der Waals surface area contributed by atoms with Gasteiger partial charge in [0.2, 0.25) is 0 Å². The summed E-state index contributed by atoms with van der Waals surface area (Å²) in [5, 5.41) is 11.7. The molecule has 0 amide bonds. The van der Waals surface area contributed by atoms with Crippen LogP contribution in [-0.2, 0) is 5.60 Å². The van der Waals surface area contributed by atoms with Gasteiger partial charge in [-0.1, -0.05) is 64.5 Å². The number of halogens is 1. The lowest BCUT2D eigenvalue weighted by atomic mass is 9.80. The zero-order valence-corrected chi connectivity index (χ0v) is 15.2. The Morgan fingerprint density at radius 3 is 2.39 bits per heavy atom. The molecule has 23 heavy (non-hydrogen) atoms. The van der Waals surface area contributed by atoms with E-state index >= 15 is 0 Å². The van der Waals surface area contributed by atoms with Crippen LogP contribution < -0.4 is 0 Å². The van der Waals surface area contributed by atoms with Crippen molar-refractivity contribution in [3.05, 3.63) is 70.8 Å². The molecule has 120 valence electrons. The molecule has 2 nitrogen and oxygen atoms in total. The van der Waals surface area contributed by atoms with Gasteiger partial charge in [-0.2, -0.15) is 0 Å². The number of rotatable bonds is 4. The standard InChI is InChI=1S/C20H22BrNO/c1-22(2)13-7-12-20(23)17-10-5-3-8-15(17)14-19(21)16-9-4-6-11-18(16)20/h3-6,8-11,14,23H,7,12-13H2,1-2H3. The summed E-state index contributed by atoms with van der Waals surface area (Å²) in [6.45, 7) is 0.960. The molecule has 0 aromatic heterocycles. The van der Waals surface area contributed by atoms with E-state index in [1.165, 1.54) is 0 Å². The predicted molar refractivity (Wildman–Crippen MR) is 100 cm³/mol. The zero-order chi connectivity index (χ0) is 16.4. The van der Waals surface area contributed by atoms with E-state index < -0.39 is 5.60 Å². The average Bonchev–Trinajstić information content (AvgIpc) is 2.63. The lowest BCUT2D eigenvalue weighted by Gasteiger charge is -2.31. The third kappa shape index (κ3) is 3.14. The zero-order valence-electron chi connectivity index (χ0n) is 13.6. The molecule has 2 aromatic carbocycles. The number of benzene rings is 2. The molecule has 0 heterocycles. The maximum absolute atomic E-state index is 11.7. The van der Waals surface area contributed by atoms with Crippen molar-refractivity contribution in [2.45, 2.75) is 18.4 Å². The molecule has 0 aliphatic heterocycles. The molecule has 0 spiro atoms. The Morgan fingerprint density at radius 2 is 1.65 bits per heavy atom. The first-order chi connectivity index (χ1) is 11.0. The van der Waals surface area contributed by atoms with Gasteiger partial charge in [0.25, 0.3) is 0 Å². The summed E-state index contributed by atoms with van der Waals surface area (Å²) >= 11 is 3.69. The van der Waals surface area contributed by atoms with Gasteiger partial charge in [0.1, 0.15) is 5.60 Å². The van der Waals surface area contributed by atoms with Crippen LogP contribution >= 0.6 is 15.9 Å². The molecule has 3 heteroatoms. The van der Waals surface area contributed by atoms with Gasteiger partial charge in [-0.15, -0.1) is 0 Å². The van der Waals surface area contributed by atoms with E-state index in [1.54, 1.807) is 0 Å². The molecular weight excluding hydrogens is 350 g/mol. The molecule has 1 aliphatic carbocycles. The van der Waals surface area contributed by atoms with Crippen molar-refractivity contribution in [1.82, 2.24) is 4.90 Å². The first kappa shape index (κ1) is 16.4. The number of nitrogens with zero attached hydrogens (tertiary/aromatic N) is 1. The fourth-order valence-electron chi connectivity index (χ4n) is 3.33. The second-order valence-corrected chi connectivity index (χ2v) is 7.25. The normalized spacial score (nSPS) is 19.8. The molecule has 0 bridgehead atoms. The molecule has 1 aliphatic rings. The van der Waals surface area contributed by atoms with Gasteiger partial charge in [0.05, 0.1) is 0 Å². The molecule has 2 aromatic rings. The molecule has 0 saturated carbocycles. The van der Waals surface area contributed by atoms with Crippen LogP contribution in [0.2, 0.25) is 0 Å². The van der Waals surface area contributed by atoms with Crippen LogP contribution in [0.25, 0.3) is 10.6 Å². The summed E-state index contributed by atoms with van der Waals surface area (Å²) in [5.74, 6) is 0. The summed E-state index contributed by atoms with van der Waals surface area (Å²) in [7, 11) is 4.13. The molecule has 0 saturated heterocycles. The van der Waals surface area contributed by atoms with Gasteiger partial charge in [-0.05, 0) is 61.8 Å². The van der Waals surface area contributed by atoms with Crippen molar-refractivity contribution in [2.75, 3.05) is 20.6 Å². The highest BCUT2D eigenvalue weighted by molar-refractivity contribution is 9.15. The molecule has 1 N–H and O–H groups in total. The molecule has 1 unspecified atom stereocenters. The quantitative estimate of drug-likeness (QED) is 0.856. The Kier molecular flexibility index (Phi) is 4.72. The summed E-state index contributed by atoms with van der Waals surface area (Å²) in [5.41, 5.74) is 3.14. The first-order valence-electron chi connectivity index (χ1n) is 7.96. The molecule has 0 fully saturated rings. The summed E-state index contributed by atoms with van der Waals surface area (Å²) in [4.78, 5) is 2.16. The van der Waals surface area contributed by atoms with Gasteiger partial charge in [0, 0.05) is 4.48 Å². The van der Waals surface area contributed by atoms with Gasteiger partial charge >= 0.3 is 0 Å². The third-order valence-corrected chi connectivity index (χ3v) is 5.12. The third-order valence-electron chi connectivity index (χ3n) is 4.46. The van der Waals surface area contributed by atoms with Crippen molar-refractivity contribution in [2.24, 2.45) is 0 Å². The van der Waals surface area contributed by atoms with Crippen LogP contribution in [0.15, 0.2) is 48.5 Å². The van der Waals surface area contributed by atoms with Crippen molar-refractivity contribution < 1.29 is 5.11 Å². The lowest BCUT2D eigenvalue weighted by molar-refractivity contribution is 0.0663. The minimum atomic E-state index is -0.963. The van der Waals surface area contributed by atoms with Crippen molar-refractivity contribution in [3.8, 4) is 0 Å². The van der Waals surface area contributed by atoms with Crippen LogP contribution in [0.4, 0.5) is 0 Å². The highest BCUT2D eigenvalue weighted by Crippen LogP contribution is 2.44. The van der Waals surface area contributed by atoms with E-state index in [4.69, 9.17) is 0 Å². The molecule has 1 atom stereocenters. The minimum Gasteiger partial charge on any atom is -0.380 e. The van der Waals surface area contributed by atoms with E-state index in [0.717, 1.165) is 39.7 Å². The van der Waals surface area contributed by atoms with Gasteiger partial charge in [-0.25, -0.2) is 0 Å². The summed E-state index contributed by atoms with van der Waals surface area (Å²) in [6, 6.07) is 16.3. The SMILES string of the molecule is CN(C)CCCC1(O)c2ccccc2C=C(Br)c2ccccc21. The summed E-state index contributed by atoms with van der Waals surface area (Å²) in [6.07, 6.45) is 3.75. The van der Waals surface area contributed by atoms with E-state index in [9.17, 15) is 5.11 Å². The van der Waals surface area contributed by atoms with Crippen LogP contribution in [-0.4, -0.2) is 30.6 Å². The average molecular weight is 372 g/mol. The maximum Gasteiger partial charge on any atom is 0.116 e. The number of fused-ring (bicyclic) bond motifs is 2. The largest absolute Gasteiger partial charge is 0.380 e. The van der Waals surface area contributed by atoms with Crippen LogP contribution in [0.3, 0.4) is 0 Å². The predicted octanol–water partition coefficient (Wildman–Crippen LogP) is 4.47. The fraction of sp³-hybridized carbons (Fsp3) is 0.300. The minimum absolute atomic E-state index is 0.702. The highest BCUT2D eigenvalue weighted by Gasteiger charge is 2.36. The lowest BCUT2D eigenvalue weighted by Crippen LogP contribution is -2.30. The van der Waals surface area contributed by atoms with Crippen molar-refractivity contribution >= 4 is 26.5 Å². The van der Waals surface area contributed by atoms with Gasteiger partial charge in [-0.3, -0.25) is 0 Å². The van der Waals surface area contributed by atoms with E-state index in [1.807, 2.05) is 36.4 Å². The van der Waals surface area contributed by atoms with Crippen LogP contribution in [0.1, 0.15) is 35.1 Å². The van der Waals surface area contributed by atoms with E-state index in [2.05, 4.69) is 53.1 Å². The molecule has 0 radical (unpaired) electrons. The number of hydrogen-bond acceptors (Lipinski definition) is 2. The monoisotopic (exact) mass is 371 g/mol. The van der Waals surface area contributed by atoms with Crippen LogP contribution in [0, 0.1) is 0 Å². The molecule has 3 rings (SSSR count). The Bertz CT molecular complexity index is 738. The number of hydrogen-bond donors (Lipinski definition) is 1. The highest BCUT2D eigenvalue weighted by atomic mass is 79.9. The van der Waals surface area contributed by atoms with Crippen molar-refractivity contribution in [3.63, 3.8) is 0 Å². The van der Waals surface area contributed by atoms with Crippen LogP contribution in [0.5, 0.6) is 0 Å². The van der Waals surface area contributed by atoms with E-state index in [-0.39, 0.29) is 0 Å². The number of aliphatic hydroxyl groups is 1. The summed E-state index contributed by atoms with van der Waals surface area (Å²) < 4.78 is 1.02. The Hall–Kier alpha value is -1.42. The second kappa shape index (κ2) is 6.60. The maximum atomic E-state index is 11.7. The van der Waals surface area contributed by atoms with Gasteiger partial charge < -0.3 is 10.0 Å². The fourth-order valence-corrected chi connectivity index (χ4v) is 3.92. The smallest absolute Gasteiger partial charge is 0.116 e. The van der Waals surface area contributed by atoms with Crippen molar-refractivity contribution in [1.29, 1.82) is 0 Å². The first-order valence-corrected chi connectivity index (χ1v) is 8.75. The van der Waals surface area contributed by atoms with Gasteiger partial charge in [0.15, 0.2) is 0 Å². The Morgan fingerprint density at radius 1 is 1.00 bits per heavy atom. The Labute approximate surface area is 146 Å². The van der Waals surface area contributed by atoms with E-state index in [0.29, 0.717) is 6.42 Å². The Balaban J connectivity index is 2.14. The topological polar surface area (TPSA) is 23.5 Å². The molecular formula is C20H22BrNO.